The molecule has 1 fully saturated rings. The van der Waals surface area contributed by atoms with Gasteiger partial charge in [0.25, 0.3) is 0 Å². The largest absolute Gasteiger partial charge is 0.453 e. The van der Waals surface area contributed by atoms with E-state index in [4.69, 9.17) is 16.3 Å². The first-order valence-electron chi connectivity index (χ1n) is 14.4. The van der Waals surface area contributed by atoms with Crippen molar-refractivity contribution in [2.45, 2.75) is 69.3 Å². The first kappa shape index (κ1) is 32.3. The van der Waals surface area contributed by atoms with E-state index in [1.54, 1.807) is 6.07 Å². The van der Waals surface area contributed by atoms with Gasteiger partial charge in [0.05, 0.1) is 29.6 Å². The SMILES string of the molecule is COC(=O)Nc1ccc2c(c1)N[C@H](C(F)(F)F)CCCCCC(N1CCC(c3c(F)ccc(Cl)c3F)OC1=O)Cc1ncc-2[nH]1. The monoisotopic (exact) mass is 655 g/mol. The molecule has 5 rings (SSSR count). The van der Waals surface area contributed by atoms with Crippen molar-refractivity contribution in [2.24, 2.45) is 0 Å². The minimum Gasteiger partial charge on any atom is -0.453 e. The van der Waals surface area contributed by atoms with Crippen LogP contribution in [-0.2, 0) is 15.9 Å². The number of nitrogens with one attached hydrogen (secondary N) is 3. The summed E-state index contributed by atoms with van der Waals surface area (Å²) in [7, 11) is 1.17. The Labute approximate surface area is 260 Å². The lowest BCUT2D eigenvalue weighted by molar-refractivity contribution is -0.144. The van der Waals surface area contributed by atoms with Crippen molar-refractivity contribution in [3.8, 4) is 11.3 Å². The number of nitrogens with zero attached hydrogens (tertiary/aromatic N) is 2. The number of imidazole rings is 1. The van der Waals surface area contributed by atoms with E-state index in [0.29, 0.717) is 36.3 Å². The topological polar surface area (TPSA) is 109 Å². The number of fused-ring (bicyclic) bond motifs is 4. The van der Waals surface area contributed by atoms with Gasteiger partial charge in [0.15, 0.2) is 5.82 Å². The summed E-state index contributed by atoms with van der Waals surface area (Å²) in [4.78, 5) is 34.0. The van der Waals surface area contributed by atoms with E-state index in [-0.39, 0.29) is 48.6 Å². The Kier molecular flexibility index (Phi) is 9.70. The summed E-state index contributed by atoms with van der Waals surface area (Å²) >= 11 is 5.83. The molecule has 2 aromatic carbocycles. The highest BCUT2D eigenvalue weighted by molar-refractivity contribution is 6.30. The van der Waals surface area contributed by atoms with E-state index >= 15 is 0 Å². The van der Waals surface area contributed by atoms with Crippen LogP contribution in [-0.4, -0.2) is 59.0 Å². The van der Waals surface area contributed by atoms with Gasteiger partial charge in [-0.1, -0.05) is 30.9 Å². The number of aromatic nitrogens is 2. The Balaban J connectivity index is 1.42. The van der Waals surface area contributed by atoms with Gasteiger partial charge < -0.3 is 24.7 Å². The highest BCUT2D eigenvalue weighted by Gasteiger charge is 2.40. The minimum absolute atomic E-state index is 0.105. The second kappa shape index (κ2) is 13.5. The van der Waals surface area contributed by atoms with Crippen LogP contribution in [0.15, 0.2) is 36.5 Å². The van der Waals surface area contributed by atoms with Crippen molar-refractivity contribution < 1.29 is 41.0 Å². The van der Waals surface area contributed by atoms with E-state index < -0.39 is 53.7 Å². The lowest BCUT2D eigenvalue weighted by atomic mass is 9.98. The van der Waals surface area contributed by atoms with E-state index in [9.17, 15) is 31.5 Å². The van der Waals surface area contributed by atoms with E-state index in [1.165, 1.54) is 30.3 Å². The summed E-state index contributed by atoms with van der Waals surface area (Å²) in [5.74, 6) is -1.38. The van der Waals surface area contributed by atoms with Crippen molar-refractivity contribution in [1.29, 1.82) is 0 Å². The number of rotatable bonds is 3. The molecule has 2 amide bonds. The van der Waals surface area contributed by atoms with Crippen LogP contribution in [0.25, 0.3) is 11.3 Å². The standard InChI is InChI=1S/C30H31ClF5N5O4/c1-44-28(42)38-16-7-8-18-21(13-16)39-24(30(34,35)36)6-4-2-3-5-17(14-25-37-15-22(18)40-25)41-12-11-23(45-29(41)43)26-20(32)10-9-19(31)27(26)33/h7-10,13,15,17,23-24,39H,2-6,11-12,14H2,1H3,(H,37,40)(H,38,42)/t17?,23?,24-/m0/s1. The van der Waals surface area contributed by atoms with Crippen molar-refractivity contribution in [1.82, 2.24) is 14.9 Å². The van der Waals surface area contributed by atoms with E-state index in [2.05, 4.69) is 25.3 Å². The van der Waals surface area contributed by atoms with Crippen LogP contribution in [0.5, 0.6) is 0 Å². The molecule has 0 spiro atoms. The maximum atomic E-state index is 14.6. The fraction of sp³-hybridized carbons (Fsp3) is 0.433. The molecule has 2 aliphatic rings. The number of H-pyrrole nitrogens is 1. The Hall–Kier alpha value is -4.07. The molecule has 1 aromatic heterocycles. The average Bonchev–Trinajstić information content (AvgIpc) is 3.45. The summed E-state index contributed by atoms with van der Waals surface area (Å²) in [5, 5.41) is 4.80. The van der Waals surface area contributed by atoms with Crippen LogP contribution in [0.4, 0.5) is 42.9 Å². The van der Waals surface area contributed by atoms with E-state index in [0.717, 1.165) is 12.1 Å². The third kappa shape index (κ3) is 7.43. The maximum absolute atomic E-state index is 14.6. The number of methoxy groups -OCH3 is 1. The first-order valence-corrected chi connectivity index (χ1v) is 14.8. The summed E-state index contributed by atoms with van der Waals surface area (Å²) in [6, 6.07) is 4.26. The zero-order valence-electron chi connectivity index (χ0n) is 24.1. The fourth-order valence-corrected chi connectivity index (χ4v) is 5.88. The van der Waals surface area contributed by atoms with Crippen molar-refractivity contribution in [3.63, 3.8) is 0 Å². The normalized spacial score (nSPS) is 21.2. The smallest absolute Gasteiger partial charge is 0.411 e. The molecule has 2 bridgehead atoms. The highest BCUT2D eigenvalue weighted by atomic mass is 35.5. The van der Waals surface area contributed by atoms with Gasteiger partial charge in [0.1, 0.15) is 23.8 Å². The second-order valence-electron chi connectivity index (χ2n) is 11.0. The van der Waals surface area contributed by atoms with Crippen molar-refractivity contribution >= 4 is 35.2 Å². The number of carbonyl (C=O) groups excluding carboxylic acids is 2. The van der Waals surface area contributed by atoms with Crippen LogP contribution in [0.1, 0.15) is 56.0 Å². The predicted molar refractivity (Wildman–Crippen MR) is 156 cm³/mol. The summed E-state index contributed by atoms with van der Waals surface area (Å²) in [5.41, 5.74) is 0.754. The number of cyclic esters (lactones) is 1. The molecule has 3 atom stereocenters. The highest BCUT2D eigenvalue weighted by Crippen LogP contribution is 2.37. The van der Waals surface area contributed by atoms with Crippen LogP contribution >= 0.6 is 11.6 Å². The van der Waals surface area contributed by atoms with Crippen LogP contribution in [0.3, 0.4) is 0 Å². The first-order chi connectivity index (χ1) is 21.4. The van der Waals surface area contributed by atoms with Crippen LogP contribution in [0, 0.1) is 11.6 Å². The average molecular weight is 656 g/mol. The number of benzene rings is 2. The van der Waals surface area contributed by atoms with E-state index in [1.807, 2.05) is 0 Å². The molecule has 3 aromatic rings. The van der Waals surface area contributed by atoms with Gasteiger partial charge in [-0.2, -0.15) is 13.2 Å². The lowest BCUT2D eigenvalue weighted by Crippen LogP contribution is -2.47. The molecule has 0 aliphatic carbocycles. The quantitative estimate of drug-likeness (QED) is 0.195. The molecule has 2 aliphatic heterocycles. The number of carbonyl (C=O) groups is 2. The zero-order chi connectivity index (χ0) is 32.3. The van der Waals surface area contributed by atoms with Gasteiger partial charge in [-0.15, -0.1) is 0 Å². The van der Waals surface area contributed by atoms with Crippen LogP contribution in [0.2, 0.25) is 5.02 Å². The number of alkyl halides is 3. The number of halogens is 6. The molecule has 2 unspecified atom stereocenters. The molecule has 242 valence electrons. The molecule has 1 saturated heterocycles. The Morgan fingerprint density at radius 3 is 2.64 bits per heavy atom. The second-order valence-corrected chi connectivity index (χ2v) is 11.4. The number of ether oxygens (including phenoxy) is 2. The molecule has 0 radical (unpaired) electrons. The molecule has 3 N–H and O–H groups in total. The number of anilines is 2. The number of hydrogen-bond acceptors (Lipinski definition) is 6. The molecule has 15 heteroatoms. The number of hydrogen-bond donors (Lipinski definition) is 3. The zero-order valence-corrected chi connectivity index (χ0v) is 24.9. The molecule has 3 heterocycles. The van der Waals surface area contributed by atoms with Gasteiger partial charge in [-0.25, -0.2) is 23.4 Å². The maximum Gasteiger partial charge on any atom is 0.411 e. The molecular weight excluding hydrogens is 625 g/mol. The molecular formula is C30H31ClF5N5O4. The van der Waals surface area contributed by atoms with Gasteiger partial charge >= 0.3 is 18.4 Å². The van der Waals surface area contributed by atoms with Gasteiger partial charge in [0, 0.05) is 42.4 Å². The minimum atomic E-state index is -4.56. The van der Waals surface area contributed by atoms with Crippen LogP contribution < -0.4 is 10.6 Å². The predicted octanol–water partition coefficient (Wildman–Crippen LogP) is 7.99. The summed E-state index contributed by atoms with van der Waals surface area (Å²) in [6.45, 7) is 0.131. The Bertz CT molecular complexity index is 1550. The molecule has 45 heavy (non-hydrogen) atoms. The third-order valence-electron chi connectivity index (χ3n) is 8.01. The lowest BCUT2D eigenvalue weighted by Gasteiger charge is -2.37. The fourth-order valence-electron chi connectivity index (χ4n) is 5.72. The number of aromatic amines is 1. The Morgan fingerprint density at radius 2 is 1.91 bits per heavy atom. The van der Waals surface area contributed by atoms with Gasteiger partial charge in [-0.05, 0) is 43.2 Å². The molecule has 9 nitrogen and oxygen atoms in total. The Morgan fingerprint density at radius 1 is 1.13 bits per heavy atom. The molecule has 0 saturated carbocycles. The van der Waals surface area contributed by atoms with Gasteiger partial charge in [-0.3, -0.25) is 5.32 Å². The summed E-state index contributed by atoms with van der Waals surface area (Å²) < 4.78 is 81.6. The van der Waals surface area contributed by atoms with Gasteiger partial charge in [0.2, 0.25) is 0 Å². The van der Waals surface area contributed by atoms with Crippen molar-refractivity contribution in [2.75, 3.05) is 24.3 Å². The third-order valence-corrected chi connectivity index (χ3v) is 8.30. The number of amides is 2. The summed E-state index contributed by atoms with van der Waals surface area (Å²) in [6.07, 6.45) is -3.95. The van der Waals surface area contributed by atoms with Crippen molar-refractivity contribution in [3.05, 3.63) is 64.6 Å².